The van der Waals surface area contributed by atoms with Crippen molar-refractivity contribution < 1.29 is 28.2 Å². The number of aromatic nitrogens is 3. The number of hydrogen-bond donors (Lipinski definition) is 0. The molecular formula is C31H37FN6O5. The Balaban J connectivity index is 0.000000148. The standard InChI is InChI=1S/C11H12FNO2.C10H13N3O.C10H12N2O2/c1-8-3-4-9(7-10(8)12)13-5-2-6-15-11(13)14;1-8-11-6-9(7-12-8)13-5-3-2-4-10(13)14;1-8-3-4-9(7-11-8)12-5-2-6-14-10(12)13/h3-4,7H,2,5-6H2,1H3;6-7H,2-5H2,1H3;3-4,7H,2,5-6H2,1H3. The van der Waals surface area contributed by atoms with Gasteiger partial charge in [0.15, 0.2) is 0 Å². The smallest absolute Gasteiger partial charge is 0.414 e. The number of nitrogens with zero attached hydrogens (tertiary/aromatic N) is 6. The maximum Gasteiger partial charge on any atom is 0.414 e. The Morgan fingerprint density at radius 3 is 1.81 bits per heavy atom. The zero-order valence-electron chi connectivity index (χ0n) is 24.8. The predicted octanol–water partition coefficient (Wildman–Crippen LogP) is 5.52. The van der Waals surface area contributed by atoms with Crippen LogP contribution in [0.4, 0.5) is 31.0 Å². The second-order valence-electron chi connectivity index (χ2n) is 10.3. The molecule has 0 spiro atoms. The molecule has 3 saturated heterocycles. The van der Waals surface area contributed by atoms with Crippen LogP contribution in [0.5, 0.6) is 0 Å². The van der Waals surface area contributed by atoms with E-state index in [0.717, 1.165) is 55.1 Å². The van der Waals surface area contributed by atoms with Crippen LogP contribution in [-0.4, -0.2) is 65.9 Å². The molecule has 0 radical (unpaired) electrons. The summed E-state index contributed by atoms with van der Waals surface area (Å²) >= 11 is 0. The first kappa shape index (κ1) is 31.3. The number of cyclic esters (lactones) is 2. The molecule has 5 heterocycles. The van der Waals surface area contributed by atoms with E-state index in [1.807, 2.05) is 26.0 Å². The van der Waals surface area contributed by atoms with Crippen molar-refractivity contribution in [1.82, 2.24) is 15.0 Å². The van der Waals surface area contributed by atoms with Crippen LogP contribution < -0.4 is 14.7 Å². The number of carbonyl (C=O) groups excluding carboxylic acids is 3. The number of aryl methyl sites for hydroxylation is 3. The summed E-state index contributed by atoms with van der Waals surface area (Å²) in [5.74, 6) is 0.618. The van der Waals surface area contributed by atoms with E-state index < -0.39 is 6.09 Å². The van der Waals surface area contributed by atoms with Crippen LogP contribution in [0.3, 0.4) is 0 Å². The highest BCUT2D eigenvalue weighted by Crippen LogP contribution is 2.22. The van der Waals surface area contributed by atoms with Gasteiger partial charge in [0.2, 0.25) is 5.91 Å². The molecule has 0 N–H and O–H groups in total. The van der Waals surface area contributed by atoms with Crippen LogP contribution >= 0.6 is 0 Å². The summed E-state index contributed by atoms with van der Waals surface area (Å²) in [5, 5.41) is 0. The summed E-state index contributed by atoms with van der Waals surface area (Å²) in [6, 6.07) is 8.52. The van der Waals surface area contributed by atoms with Gasteiger partial charge < -0.3 is 14.4 Å². The highest BCUT2D eigenvalue weighted by molar-refractivity contribution is 5.93. The normalized spacial score (nSPS) is 16.7. The summed E-state index contributed by atoms with van der Waals surface area (Å²) in [6.45, 7) is 8.50. The van der Waals surface area contributed by atoms with E-state index >= 15 is 0 Å². The van der Waals surface area contributed by atoms with E-state index in [4.69, 9.17) is 9.47 Å². The van der Waals surface area contributed by atoms with Crippen LogP contribution in [0.1, 0.15) is 49.2 Å². The molecule has 0 aliphatic carbocycles. The fourth-order valence-corrected chi connectivity index (χ4v) is 4.55. The topological polar surface area (TPSA) is 118 Å². The average Bonchev–Trinajstić information content (AvgIpc) is 3.01. The number of pyridine rings is 1. The lowest BCUT2D eigenvalue weighted by molar-refractivity contribution is -0.119. The fraction of sp³-hybridized carbons (Fsp3) is 0.419. The summed E-state index contributed by atoms with van der Waals surface area (Å²) in [4.78, 5) is 51.4. The molecule has 0 saturated carbocycles. The number of halogens is 1. The average molecular weight is 593 g/mol. The van der Waals surface area contributed by atoms with Gasteiger partial charge >= 0.3 is 12.2 Å². The van der Waals surface area contributed by atoms with E-state index in [-0.39, 0.29) is 17.8 Å². The maximum absolute atomic E-state index is 13.3. The highest BCUT2D eigenvalue weighted by atomic mass is 19.1. The minimum absolute atomic E-state index is 0.184. The van der Waals surface area contributed by atoms with Gasteiger partial charge in [-0.25, -0.2) is 23.9 Å². The third-order valence-electron chi connectivity index (χ3n) is 7.02. The van der Waals surface area contributed by atoms with Crippen molar-refractivity contribution in [2.75, 3.05) is 47.5 Å². The molecule has 6 rings (SSSR count). The molecule has 0 atom stereocenters. The number of rotatable bonds is 3. The van der Waals surface area contributed by atoms with Crippen LogP contribution in [0.2, 0.25) is 0 Å². The summed E-state index contributed by atoms with van der Waals surface area (Å²) in [5.41, 5.74) is 3.70. The molecular weight excluding hydrogens is 555 g/mol. The quantitative estimate of drug-likeness (QED) is 0.390. The third-order valence-corrected chi connectivity index (χ3v) is 7.02. The Labute approximate surface area is 250 Å². The van der Waals surface area contributed by atoms with Gasteiger partial charge in [-0.1, -0.05) is 6.07 Å². The molecule has 43 heavy (non-hydrogen) atoms. The van der Waals surface area contributed by atoms with Crippen molar-refractivity contribution in [3.8, 4) is 0 Å². The van der Waals surface area contributed by atoms with Crippen LogP contribution in [-0.2, 0) is 14.3 Å². The molecule has 3 aliphatic rings. The minimum Gasteiger partial charge on any atom is -0.449 e. The second-order valence-corrected chi connectivity index (χ2v) is 10.3. The second kappa shape index (κ2) is 15.0. The fourth-order valence-electron chi connectivity index (χ4n) is 4.55. The zero-order chi connectivity index (χ0) is 30.8. The van der Waals surface area contributed by atoms with Crippen molar-refractivity contribution in [3.05, 3.63) is 71.8 Å². The molecule has 11 nitrogen and oxygen atoms in total. The largest absolute Gasteiger partial charge is 0.449 e. The van der Waals surface area contributed by atoms with Crippen LogP contribution in [0, 0.1) is 26.6 Å². The van der Waals surface area contributed by atoms with Gasteiger partial charge in [-0.05, 0) is 76.3 Å². The van der Waals surface area contributed by atoms with Crippen molar-refractivity contribution in [2.45, 2.75) is 52.9 Å². The molecule has 12 heteroatoms. The molecule has 0 unspecified atom stereocenters. The van der Waals surface area contributed by atoms with Gasteiger partial charge in [0, 0.05) is 37.4 Å². The summed E-state index contributed by atoms with van der Waals surface area (Å²) in [7, 11) is 0. The Morgan fingerprint density at radius 2 is 1.26 bits per heavy atom. The zero-order valence-corrected chi connectivity index (χ0v) is 24.8. The molecule has 1 aromatic carbocycles. The van der Waals surface area contributed by atoms with Crippen molar-refractivity contribution in [3.63, 3.8) is 0 Å². The first-order valence-corrected chi connectivity index (χ1v) is 14.4. The number of piperidine rings is 1. The number of amides is 3. The number of carbonyl (C=O) groups is 3. The Bertz CT molecular complexity index is 1330. The Hall–Kier alpha value is -4.61. The SMILES string of the molecule is Cc1ccc(N2CCCOC2=O)cc1F.Cc1ccc(N2CCCOC2=O)cn1.Cc1ncc(N2CCCCC2=O)cn1. The lowest BCUT2D eigenvalue weighted by Crippen LogP contribution is -2.37. The van der Waals surface area contributed by atoms with Gasteiger partial charge in [0.1, 0.15) is 11.6 Å². The van der Waals surface area contributed by atoms with E-state index in [1.54, 1.807) is 47.4 Å². The molecule has 3 aliphatic heterocycles. The van der Waals surface area contributed by atoms with E-state index in [2.05, 4.69) is 15.0 Å². The maximum atomic E-state index is 13.3. The van der Waals surface area contributed by atoms with Crippen molar-refractivity contribution in [1.29, 1.82) is 0 Å². The van der Waals surface area contributed by atoms with E-state index in [0.29, 0.717) is 44.0 Å². The molecule has 0 bridgehead atoms. The van der Waals surface area contributed by atoms with Gasteiger partial charge in [-0.3, -0.25) is 19.6 Å². The van der Waals surface area contributed by atoms with Gasteiger partial charge in [-0.15, -0.1) is 0 Å². The highest BCUT2D eigenvalue weighted by Gasteiger charge is 2.23. The number of benzene rings is 1. The summed E-state index contributed by atoms with van der Waals surface area (Å²) < 4.78 is 23.1. The lowest BCUT2D eigenvalue weighted by Gasteiger charge is -2.26. The summed E-state index contributed by atoms with van der Waals surface area (Å²) in [6.07, 6.45) is 8.82. The van der Waals surface area contributed by atoms with Crippen molar-refractivity contribution >= 4 is 35.2 Å². The Morgan fingerprint density at radius 1 is 0.674 bits per heavy atom. The van der Waals surface area contributed by atoms with Gasteiger partial charge in [0.25, 0.3) is 0 Å². The third kappa shape index (κ3) is 8.69. The van der Waals surface area contributed by atoms with E-state index in [9.17, 15) is 18.8 Å². The number of hydrogen-bond acceptors (Lipinski definition) is 8. The minimum atomic E-state index is -0.399. The molecule has 3 fully saturated rings. The van der Waals surface area contributed by atoms with E-state index in [1.165, 1.54) is 11.0 Å². The number of anilines is 3. The first-order valence-electron chi connectivity index (χ1n) is 14.4. The predicted molar refractivity (Wildman–Crippen MR) is 160 cm³/mol. The molecule has 3 aromatic rings. The number of ether oxygens (including phenoxy) is 2. The first-order chi connectivity index (χ1) is 20.7. The monoisotopic (exact) mass is 592 g/mol. The van der Waals surface area contributed by atoms with Crippen molar-refractivity contribution in [2.24, 2.45) is 0 Å². The van der Waals surface area contributed by atoms with Gasteiger partial charge in [-0.2, -0.15) is 0 Å². The van der Waals surface area contributed by atoms with Crippen LogP contribution in [0.15, 0.2) is 48.9 Å². The molecule has 3 amide bonds. The van der Waals surface area contributed by atoms with Gasteiger partial charge in [0.05, 0.1) is 43.2 Å². The molecule has 2 aromatic heterocycles. The molecule has 228 valence electrons. The lowest BCUT2D eigenvalue weighted by atomic mass is 10.1. The Kier molecular flexibility index (Phi) is 11.0. The van der Waals surface area contributed by atoms with Crippen LogP contribution in [0.25, 0.3) is 0 Å².